The number of amides is 2. The lowest BCUT2D eigenvalue weighted by atomic mass is 9.86. The van der Waals surface area contributed by atoms with Crippen molar-refractivity contribution >= 4 is 23.2 Å². The van der Waals surface area contributed by atoms with Crippen LogP contribution >= 0.6 is 11.3 Å². The van der Waals surface area contributed by atoms with E-state index in [2.05, 4.69) is 25.8 Å². The van der Waals surface area contributed by atoms with Crippen LogP contribution in [0, 0.1) is 0 Å². The van der Waals surface area contributed by atoms with E-state index in [4.69, 9.17) is 0 Å². The molecule has 1 aromatic heterocycles. The maximum Gasteiger partial charge on any atom is 0.273 e. The highest BCUT2D eigenvalue weighted by Crippen LogP contribution is 2.22. The topological polar surface area (TPSA) is 53.5 Å². The van der Waals surface area contributed by atoms with E-state index in [-0.39, 0.29) is 17.2 Å². The summed E-state index contributed by atoms with van der Waals surface area (Å²) < 4.78 is 0. The van der Waals surface area contributed by atoms with Crippen molar-refractivity contribution in [1.82, 2.24) is 14.8 Å². The van der Waals surface area contributed by atoms with E-state index in [9.17, 15) is 9.59 Å². The Morgan fingerprint density at radius 2 is 1.52 bits per heavy atom. The molecule has 0 atom stereocenters. The fourth-order valence-electron chi connectivity index (χ4n) is 2.89. The average molecular weight is 357 g/mol. The first-order chi connectivity index (χ1) is 11.9. The third-order valence-electron chi connectivity index (χ3n) is 4.50. The van der Waals surface area contributed by atoms with Gasteiger partial charge in [-0.3, -0.25) is 9.59 Å². The van der Waals surface area contributed by atoms with Crippen molar-refractivity contribution in [2.75, 3.05) is 26.2 Å². The maximum atomic E-state index is 12.7. The molecule has 25 heavy (non-hydrogen) atoms. The number of piperazine rings is 1. The molecule has 6 heteroatoms. The first-order valence-electron chi connectivity index (χ1n) is 8.43. The molecule has 1 aliphatic rings. The Morgan fingerprint density at radius 1 is 0.960 bits per heavy atom. The first-order valence-corrected chi connectivity index (χ1v) is 9.38. The molecule has 1 saturated heterocycles. The van der Waals surface area contributed by atoms with E-state index in [1.165, 1.54) is 16.9 Å². The third-order valence-corrected chi connectivity index (χ3v) is 5.09. The fourth-order valence-corrected chi connectivity index (χ4v) is 3.41. The lowest BCUT2D eigenvalue weighted by molar-refractivity contribution is 0.0533. The number of benzene rings is 1. The van der Waals surface area contributed by atoms with Crippen LogP contribution in [0.1, 0.15) is 47.2 Å². The molecule has 0 aliphatic carbocycles. The Kier molecular flexibility index (Phi) is 4.90. The van der Waals surface area contributed by atoms with E-state index in [1.54, 1.807) is 15.8 Å². The minimum Gasteiger partial charge on any atom is -0.335 e. The quantitative estimate of drug-likeness (QED) is 0.830. The second-order valence-electron chi connectivity index (χ2n) is 7.29. The monoisotopic (exact) mass is 357 g/mol. The molecule has 0 saturated carbocycles. The molecule has 1 aliphatic heterocycles. The number of aromatic nitrogens is 1. The smallest absolute Gasteiger partial charge is 0.273 e. The lowest BCUT2D eigenvalue weighted by Crippen LogP contribution is -2.50. The summed E-state index contributed by atoms with van der Waals surface area (Å²) in [5.41, 5.74) is 4.13. The Bertz CT molecular complexity index is 740. The predicted molar refractivity (Wildman–Crippen MR) is 99.1 cm³/mol. The largest absolute Gasteiger partial charge is 0.335 e. The van der Waals surface area contributed by atoms with Crippen LogP contribution in [-0.4, -0.2) is 52.8 Å². The maximum absolute atomic E-state index is 12.7. The Hall–Kier alpha value is -2.21. The van der Waals surface area contributed by atoms with Gasteiger partial charge in [-0.05, 0) is 23.1 Å². The molecule has 0 unspecified atom stereocenters. The molecular formula is C19H23N3O2S. The van der Waals surface area contributed by atoms with Gasteiger partial charge in [-0.15, -0.1) is 11.3 Å². The van der Waals surface area contributed by atoms with Crippen molar-refractivity contribution in [3.05, 3.63) is 52.0 Å². The number of nitrogens with zero attached hydrogens (tertiary/aromatic N) is 3. The number of carbonyl (C=O) groups is 2. The fraction of sp³-hybridized carbons (Fsp3) is 0.421. The third kappa shape index (κ3) is 3.90. The second-order valence-corrected chi connectivity index (χ2v) is 8.00. The van der Waals surface area contributed by atoms with Crippen LogP contribution in [0.15, 0.2) is 35.2 Å². The van der Waals surface area contributed by atoms with Gasteiger partial charge in [0.05, 0.1) is 5.51 Å². The summed E-state index contributed by atoms with van der Waals surface area (Å²) in [6.45, 7) is 8.66. The summed E-state index contributed by atoms with van der Waals surface area (Å²) in [6.07, 6.45) is 0. The Labute approximate surface area is 152 Å². The van der Waals surface area contributed by atoms with Crippen LogP contribution in [-0.2, 0) is 5.41 Å². The second kappa shape index (κ2) is 6.96. The van der Waals surface area contributed by atoms with E-state index < -0.39 is 0 Å². The molecule has 2 heterocycles. The molecule has 0 N–H and O–H groups in total. The van der Waals surface area contributed by atoms with Crippen LogP contribution in [0.4, 0.5) is 0 Å². The minimum atomic E-state index is -0.0529. The lowest BCUT2D eigenvalue weighted by Gasteiger charge is -2.34. The van der Waals surface area contributed by atoms with Gasteiger partial charge in [0.1, 0.15) is 5.69 Å². The average Bonchev–Trinajstić information content (AvgIpc) is 3.14. The Balaban J connectivity index is 1.61. The summed E-state index contributed by atoms with van der Waals surface area (Å²) >= 11 is 1.41. The first kappa shape index (κ1) is 17.6. The zero-order valence-corrected chi connectivity index (χ0v) is 15.7. The van der Waals surface area contributed by atoms with Crippen LogP contribution in [0.5, 0.6) is 0 Å². The van der Waals surface area contributed by atoms with E-state index in [0.29, 0.717) is 37.4 Å². The minimum absolute atomic E-state index is 0.0289. The van der Waals surface area contributed by atoms with Gasteiger partial charge in [0.15, 0.2) is 0 Å². The van der Waals surface area contributed by atoms with E-state index in [0.717, 1.165) is 0 Å². The summed E-state index contributed by atoms with van der Waals surface area (Å²) in [5, 5.41) is 1.76. The summed E-state index contributed by atoms with van der Waals surface area (Å²) in [5.74, 6) is -0.0240. The van der Waals surface area contributed by atoms with Gasteiger partial charge in [-0.1, -0.05) is 32.9 Å². The highest BCUT2D eigenvalue weighted by Gasteiger charge is 2.26. The van der Waals surface area contributed by atoms with Crippen LogP contribution < -0.4 is 0 Å². The number of hydrogen-bond donors (Lipinski definition) is 0. The molecule has 0 spiro atoms. The number of carbonyl (C=O) groups excluding carboxylic acids is 2. The van der Waals surface area contributed by atoms with Gasteiger partial charge in [-0.2, -0.15) is 0 Å². The summed E-state index contributed by atoms with van der Waals surface area (Å²) in [4.78, 5) is 32.6. The van der Waals surface area contributed by atoms with Gasteiger partial charge >= 0.3 is 0 Å². The van der Waals surface area contributed by atoms with Gasteiger partial charge in [0.25, 0.3) is 11.8 Å². The van der Waals surface area contributed by atoms with Gasteiger partial charge in [0, 0.05) is 37.1 Å². The van der Waals surface area contributed by atoms with Crippen molar-refractivity contribution in [1.29, 1.82) is 0 Å². The van der Waals surface area contributed by atoms with E-state index >= 15 is 0 Å². The highest BCUT2D eigenvalue weighted by atomic mass is 32.1. The van der Waals surface area contributed by atoms with Crippen LogP contribution in [0.2, 0.25) is 0 Å². The molecule has 0 radical (unpaired) electrons. The molecule has 1 fully saturated rings. The summed E-state index contributed by atoms with van der Waals surface area (Å²) in [6, 6.07) is 7.84. The Morgan fingerprint density at radius 3 is 2.00 bits per heavy atom. The molecule has 2 amide bonds. The molecule has 132 valence electrons. The highest BCUT2D eigenvalue weighted by molar-refractivity contribution is 7.07. The van der Waals surface area contributed by atoms with Crippen molar-refractivity contribution in [2.24, 2.45) is 0 Å². The SMILES string of the molecule is CC(C)(C)c1ccc(C(=O)N2CCN(C(=O)c3cscn3)CC2)cc1. The van der Waals surface area contributed by atoms with Crippen molar-refractivity contribution in [2.45, 2.75) is 26.2 Å². The standard InChI is InChI=1S/C19H23N3O2S/c1-19(2,3)15-6-4-14(5-7-15)17(23)21-8-10-22(11-9-21)18(24)16-12-25-13-20-16/h4-7,12-13H,8-11H2,1-3H3. The van der Waals surface area contributed by atoms with Gasteiger partial charge in [-0.25, -0.2) is 4.98 Å². The molecule has 5 nitrogen and oxygen atoms in total. The number of thiazole rings is 1. The van der Waals surface area contributed by atoms with Crippen molar-refractivity contribution in [3.8, 4) is 0 Å². The molecular weight excluding hydrogens is 334 g/mol. The summed E-state index contributed by atoms with van der Waals surface area (Å²) in [7, 11) is 0. The van der Waals surface area contributed by atoms with Crippen LogP contribution in [0.25, 0.3) is 0 Å². The van der Waals surface area contributed by atoms with Gasteiger partial charge in [0.2, 0.25) is 0 Å². The number of rotatable bonds is 2. The van der Waals surface area contributed by atoms with E-state index in [1.807, 2.05) is 29.2 Å². The van der Waals surface area contributed by atoms with Gasteiger partial charge < -0.3 is 9.80 Å². The number of hydrogen-bond acceptors (Lipinski definition) is 4. The van der Waals surface area contributed by atoms with Crippen molar-refractivity contribution < 1.29 is 9.59 Å². The molecule has 0 bridgehead atoms. The molecule has 1 aromatic carbocycles. The molecule has 3 rings (SSSR count). The predicted octanol–water partition coefficient (Wildman–Crippen LogP) is 3.04. The zero-order valence-electron chi connectivity index (χ0n) is 14.9. The van der Waals surface area contributed by atoms with Crippen LogP contribution in [0.3, 0.4) is 0 Å². The molecule has 2 aromatic rings. The zero-order chi connectivity index (χ0) is 18.0. The normalized spacial score (nSPS) is 15.3. The van der Waals surface area contributed by atoms with Crippen molar-refractivity contribution in [3.63, 3.8) is 0 Å².